The molecule has 2 saturated heterocycles. The summed E-state index contributed by atoms with van der Waals surface area (Å²) in [6, 6.07) is 0.680. The van der Waals surface area contributed by atoms with Gasteiger partial charge in [-0.15, -0.1) is 11.6 Å². The fourth-order valence-corrected chi connectivity index (χ4v) is 10.5. The van der Waals surface area contributed by atoms with Crippen molar-refractivity contribution in [3.8, 4) is 0 Å². The molecule has 3 atom stereocenters. The second-order valence-electron chi connectivity index (χ2n) is 7.61. The second kappa shape index (κ2) is 8.64. The number of alkyl halides is 6. The Labute approximate surface area is 175 Å². The van der Waals surface area contributed by atoms with E-state index in [1.54, 1.807) is 0 Å². The van der Waals surface area contributed by atoms with Crippen molar-refractivity contribution >= 4 is 33.2 Å². The maximum absolute atomic E-state index is 13.9. The molecule has 0 bridgehead atoms. The Bertz CT molecular complexity index is 856. The van der Waals surface area contributed by atoms with Gasteiger partial charge in [0, 0.05) is 12.3 Å². The molecule has 0 aliphatic carbocycles. The molecule has 3 rings (SSSR count). The van der Waals surface area contributed by atoms with E-state index in [1.807, 2.05) is 0 Å². The standard InChI is InChI=1S/C18H21ClF6N2O2S/c19-15-11(18(23,24)25)7-13(30(15)4-2-1-3-5-30)16(28)26-10-6-12(20)17(29)27(8-10)9-14(21)22/h6,8,11,13-15H,1-5,7,9H2,(H,26,28). The van der Waals surface area contributed by atoms with E-state index >= 15 is 0 Å². The zero-order chi connectivity index (χ0) is 22.3. The molecule has 170 valence electrons. The van der Waals surface area contributed by atoms with E-state index in [2.05, 4.69) is 5.32 Å². The average Bonchev–Trinajstić information content (AvgIpc) is 2.92. The van der Waals surface area contributed by atoms with Crippen LogP contribution >= 0.6 is 21.6 Å². The van der Waals surface area contributed by atoms with Crippen LogP contribution in [0.5, 0.6) is 0 Å². The van der Waals surface area contributed by atoms with Crippen molar-refractivity contribution in [1.82, 2.24) is 4.57 Å². The lowest BCUT2D eigenvalue weighted by atomic mass is 10.0. The first-order valence-electron chi connectivity index (χ1n) is 9.42. The number of rotatable bonds is 4. The average molecular weight is 479 g/mol. The van der Waals surface area contributed by atoms with Crippen molar-refractivity contribution in [3.05, 3.63) is 28.4 Å². The van der Waals surface area contributed by atoms with E-state index in [1.165, 1.54) is 0 Å². The van der Waals surface area contributed by atoms with Gasteiger partial charge in [-0.2, -0.15) is 13.2 Å². The van der Waals surface area contributed by atoms with E-state index in [0.29, 0.717) is 35.0 Å². The number of carbonyl (C=O) groups excluding carboxylic acids is 1. The topological polar surface area (TPSA) is 51.1 Å². The number of amides is 1. The van der Waals surface area contributed by atoms with Gasteiger partial charge < -0.3 is 9.88 Å². The molecule has 1 spiro atoms. The van der Waals surface area contributed by atoms with E-state index in [9.17, 15) is 35.9 Å². The number of aromatic nitrogens is 1. The summed E-state index contributed by atoms with van der Waals surface area (Å²) < 4.78 is 78.9. The van der Waals surface area contributed by atoms with Crippen molar-refractivity contribution in [1.29, 1.82) is 0 Å². The third kappa shape index (κ3) is 4.46. The number of nitrogens with one attached hydrogen (secondary N) is 1. The predicted molar refractivity (Wildman–Crippen MR) is 104 cm³/mol. The molecule has 3 heterocycles. The summed E-state index contributed by atoms with van der Waals surface area (Å²) in [5.74, 6) is -3.00. The molecule has 1 aromatic heterocycles. The van der Waals surface area contributed by atoms with Crippen molar-refractivity contribution in [2.24, 2.45) is 5.92 Å². The second-order valence-corrected chi connectivity index (χ2v) is 12.3. The summed E-state index contributed by atoms with van der Waals surface area (Å²) in [6.45, 7) is -1.07. The van der Waals surface area contributed by atoms with Crippen LogP contribution in [0.3, 0.4) is 0 Å². The van der Waals surface area contributed by atoms with Crippen molar-refractivity contribution in [3.63, 3.8) is 0 Å². The third-order valence-corrected chi connectivity index (χ3v) is 11.9. The lowest BCUT2D eigenvalue weighted by Crippen LogP contribution is -2.36. The van der Waals surface area contributed by atoms with Crippen LogP contribution in [-0.4, -0.2) is 44.5 Å². The van der Waals surface area contributed by atoms with Gasteiger partial charge in [0.25, 0.3) is 12.0 Å². The number of hydrogen-bond acceptors (Lipinski definition) is 2. The van der Waals surface area contributed by atoms with E-state index in [-0.39, 0.29) is 5.69 Å². The van der Waals surface area contributed by atoms with Gasteiger partial charge in [0.05, 0.1) is 28.1 Å². The first kappa shape index (κ1) is 23.3. The minimum atomic E-state index is -4.55. The third-order valence-electron chi connectivity index (χ3n) is 5.71. The Hall–Kier alpha value is -1.36. The Morgan fingerprint density at radius 1 is 1.27 bits per heavy atom. The Morgan fingerprint density at radius 2 is 1.90 bits per heavy atom. The van der Waals surface area contributed by atoms with E-state index in [0.717, 1.165) is 12.6 Å². The number of carbonyl (C=O) groups is 1. The predicted octanol–water partition coefficient (Wildman–Crippen LogP) is 4.70. The van der Waals surface area contributed by atoms with Gasteiger partial charge >= 0.3 is 6.18 Å². The molecule has 0 saturated carbocycles. The van der Waals surface area contributed by atoms with E-state index in [4.69, 9.17) is 11.6 Å². The number of pyridine rings is 1. The van der Waals surface area contributed by atoms with Gasteiger partial charge in [-0.1, -0.05) is 6.42 Å². The molecular weight excluding hydrogens is 458 g/mol. The summed E-state index contributed by atoms with van der Waals surface area (Å²) in [5.41, 5.74) is -1.54. The van der Waals surface area contributed by atoms with Crippen LogP contribution < -0.4 is 10.9 Å². The molecule has 0 aromatic carbocycles. The minimum absolute atomic E-state index is 0.260. The van der Waals surface area contributed by atoms with Gasteiger partial charge in [-0.05, 0) is 30.8 Å². The number of hydrogen-bond donors (Lipinski definition) is 1. The summed E-state index contributed by atoms with van der Waals surface area (Å²) in [5, 5.41) is 1.36. The van der Waals surface area contributed by atoms with Crippen molar-refractivity contribution in [2.45, 2.75) is 54.8 Å². The van der Waals surface area contributed by atoms with Crippen LogP contribution in [0.4, 0.5) is 32.0 Å². The maximum Gasteiger partial charge on any atom is 0.394 e. The molecule has 2 aliphatic heterocycles. The molecule has 12 heteroatoms. The quantitative estimate of drug-likeness (QED) is 0.504. The first-order valence-corrected chi connectivity index (χ1v) is 12.0. The monoisotopic (exact) mass is 478 g/mol. The normalized spacial score (nSPS) is 27.4. The number of nitrogens with zero attached hydrogens (tertiary/aromatic N) is 1. The molecular formula is C18H21ClF6N2O2S. The highest BCUT2D eigenvalue weighted by atomic mass is 35.5. The van der Waals surface area contributed by atoms with Gasteiger partial charge in [0.15, 0.2) is 5.82 Å². The van der Waals surface area contributed by atoms with Crippen LogP contribution in [0.2, 0.25) is 0 Å². The molecule has 4 nitrogen and oxygen atoms in total. The van der Waals surface area contributed by atoms with Gasteiger partial charge in [0.2, 0.25) is 5.91 Å². The Kier molecular flexibility index (Phi) is 6.71. The molecule has 2 fully saturated rings. The Morgan fingerprint density at radius 3 is 2.47 bits per heavy atom. The summed E-state index contributed by atoms with van der Waals surface area (Å²) in [7, 11) is -2.13. The van der Waals surface area contributed by atoms with Crippen molar-refractivity contribution in [2.75, 3.05) is 16.8 Å². The fourth-order valence-electron chi connectivity index (χ4n) is 4.32. The van der Waals surface area contributed by atoms with Crippen LogP contribution in [0, 0.1) is 11.7 Å². The molecule has 1 amide bonds. The number of anilines is 1. The molecule has 2 aliphatic rings. The first-order chi connectivity index (χ1) is 14.0. The summed E-state index contributed by atoms with van der Waals surface area (Å²) in [4.78, 5) is 24.6. The van der Waals surface area contributed by atoms with Gasteiger partial charge in [-0.25, -0.2) is 23.2 Å². The Balaban J connectivity index is 1.90. The molecule has 0 radical (unpaired) electrons. The minimum Gasteiger partial charge on any atom is -0.324 e. The number of halogens is 7. The molecule has 1 aromatic rings. The van der Waals surface area contributed by atoms with Gasteiger partial charge in [0.1, 0.15) is 0 Å². The lowest BCUT2D eigenvalue weighted by molar-refractivity contribution is -0.170. The lowest BCUT2D eigenvalue weighted by Gasteiger charge is -2.46. The molecule has 3 unspecified atom stereocenters. The summed E-state index contributed by atoms with van der Waals surface area (Å²) >= 11 is 6.32. The zero-order valence-corrected chi connectivity index (χ0v) is 17.3. The smallest absolute Gasteiger partial charge is 0.324 e. The maximum atomic E-state index is 13.9. The largest absolute Gasteiger partial charge is 0.394 e. The van der Waals surface area contributed by atoms with Crippen LogP contribution in [-0.2, 0) is 11.3 Å². The zero-order valence-electron chi connectivity index (χ0n) is 15.7. The van der Waals surface area contributed by atoms with E-state index < -0.39 is 68.8 Å². The highest BCUT2D eigenvalue weighted by Gasteiger charge is 2.60. The molecule has 1 N–H and O–H groups in total. The van der Waals surface area contributed by atoms with Crippen LogP contribution in [0.25, 0.3) is 0 Å². The van der Waals surface area contributed by atoms with Crippen LogP contribution in [0.15, 0.2) is 17.1 Å². The van der Waals surface area contributed by atoms with Gasteiger partial charge in [-0.3, -0.25) is 9.59 Å². The van der Waals surface area contributed by atoms with Crippen molar-refractivity contribution < 1.29 is 31.1 Å². The van der Waals surface area contributed by atoms with Crippen LogP contribution in [0.1, 0.15) is 25.7 Å². The SMILES string of the molecule is O=C(Nc1cc(F)c(=O)n(CC(F)F)c1)C1CC(C(F)(F)F)C(Cl)S12CCCCC2. The highest BCUT2D eigenvalue weighted by molar-refractivity contribution is 8.36. The molecule has 30 heavy (non-hydrogen) atoms. The summed E-state index contributed by atoms with van der Waals surface area (Å²) in [6.07, 6.45) is -4.85. The highest BCUT2D eigenvalue weighted by Crippen LogP contribution is 2.71. The fraction of sp³-hybridized carbons (Fsp3) is 0.667.